The number of rotatable bonds is 2. The van der Waals surface area contributed by atoms with Gasteiger partial charge in [0.1, 0.15) is 11.6 Å². The van der Waals surface area contributed by atoms with Gasteiger partial charge in [-0.05, 0) is 42.9 Å². The van der Waals surface area contributed by atoms with Crippen LogP contribution in [0.4, 0.5) is 0 Å². The van der Waals surface area contributed by atoms with Gasteiger partial charge in [0.15, 0.2) is 0 Å². The minimum atomic E-state index is 0.401. The maximum absolute atomic E-state index is 9.84. The van der Waals surface area contributed by atoms with Gasteiger partial charge in [0, 0.05) is 11.1 Å². The SMILES string of the molecule is COc1nc2c(c(-c3ccc(C)cc3)c1C#N)CCCc1ccccc1-2. The lowest BCUT2D eigenvalue weighted by atomic mass is 9.90. The lowest BCUT2D eigenvalue weighted by Crippen LogP contribution is -2.03. The Hall–Kier alpha value is -3.12. The molecule has 0 aliphatic heterocycles. The zero-order chi connectivity index (χ0) is 18.1. The van der Waals surface area contributed by atoms with Gasteiger partial charge >= 0.3 is 0 Å². The van der Waals surface area contributed by atoms with E-state index >= 15 is 0 Å². The van der Waals surface area contributed by atoms with Gasteiger partial charge in [-0.1, -0.05) is 54.1 Å². The summed E-state index contributed by atoms with van der Waals surface area (Å²) in [6, 6.07) is 19.1. The first kappa shape index (κ1) is 16.4. The van der Waals surface area contributed by atoms with Gasteiger partial charge in [0.25, 0.3) is 0 Å². The highest BCUT2D eigenvalue weighted by atomic mass is 16.5. The molecule has 0 amide bonds. The summed E-state index contributed by atoms with van der Waals surface area (Å²) >= 11 is 0. The fraction of sp³-hybridized carbons (Fsp3) is 0.217. The Morgan fingerprint density at radius 3 is 2.54 bits per heavy atom. The molecule has 3 nitrogen and oxygen atoms in total. The van der Waals surface area contributed by atoms with Crippen LogP contribution < -0.4 is 4.74 Å². The number of methoxy groups -OCH3 is 1. The van der Waals surface area contributed by atoms with E-state index in [1.165, 1.54) is 11.1 Å². The lowest BCUT2D eigenvalue weighted by molar-refractivity contribution is 0.397. The minimum absolute atomic E-state index is 0.401. The highest BCUT2D eigenvalue weighted by Gasteiger charge is 2.25. The van der Waals surface area contributed by atoms with Gasteiger partial charge in [-0.25, -0.2) is 4.98 Å². The lowest BCUT2D eigenvalue weighted by Gasteiger charge is -2.17. The Morgan fingerprint density at radius 1 is 1.04 bits per heavy atom. The normalized spacial score (nSPS) is 12.5. The molecule has 1 aromatic heterocycles. The monoisotopic (exact) mass is 340 g/mol. The van der Waals surface area contributed by atoms with Crippen LogP contribution in [-0.4, -0.2) is 12.1 Å². The summed E-state index contributed by atoms with van der Waals surface area (Å²) in [5.74, 6) is 0.401. The average molecular weight is 340 g/mol. The van der Waals surface area contributed by atoms with Crippen LogP contribution in [0.15, 0.2) is 48.5 Å². The summed E-state index contributed by atoms with van der Waals surface area (Å²) in [7, 11) is 1.58. The molecule has 0 spiro atoms. The predicted molar refractivity (Wildman–Crippen MR) is 103 cm³/mol. The Morgan fingerprint density at radius 2 is 1.81 bits per heavy atom. The second-order valence-electron chi connectivity index (χ2n) is 6.69. The van der Waals surface area contributed by atoms with Crippen molar-refractivity contribution in [3.05, 3.63) is 70.8 Å². The van der Waals surface area contributed by atoms with Crippen LogP contribution in [-0.2, 0) is 12.8 Å². The summed E-state index contributed by atoms with van der Waals surface area (Å²) in [6.07, 6.45) is 2.96. The van der Waals surface area contributed by atoms with E-state index in [9.17, 15) is 5.26 Å². The summed E-state index contributed by atoms with van der Waals surface area (Å²) in [5, 5.41) is 9.84. The van der Waals surface area contributed by atoms with E-state index in [0.717, 1.165) is 47.2 Å². The van der Waals surface area contributed by atoms with Crippen molar-refractivity contribution >= 4 is 0 Å². The minimum Gasteiger partial charge on any atom is -0.480 e. The molecule has 1 heterocycles. The molecule has 0 radical (unpaired) electrons. The summed E-state index contributed by atoms with van der Waals surface area (Å²) in [5.41, 5.74) is 8.28. The molecule has 1 aliphatic carbocycles. The van der Waals surface area contributed by atoms with E-state index in [1.807, 2.05) is 6.07 Å². The van der Waals surface area contributed by atoms with Crippen molar-refractivity contribution in [1.29, 1.82) is 5.26 Å². The Labute approximate surface area is 153 Å². The highest BCUT2D eigenvalue weighted by molar-refractivity contribution is 5.83. The molecule has 3 heteroatoms. The van der Waals surface area contributed by atoms with Gasteiger partial charge < -0.3 is 4.74 Å². The topological polar surface area (TPSA) is 45.9 Å². The third-order valence-corrected chi connectivity index (χ3v) is 5.06. The standard InChI is InChI=1S/C23H20N2O/c1-15-10-12-17(13-11-15)21-19-9-5-7-16-6-3-4-8-18(16)22(19)25-23(26-2)20(21)14-24/h3-4,6,8,10-13H,5,7,9H2,1-2H3. The molecule has 3 aromatic rings. The second kappa shape index (κ2) is 6.65. The molecule has 2 aromatic carbocycles. The Kier molecular flexibility index (Phi) is 4.18. The van der Waals surface area contributed by atoms with E-state index in [1.54, 1.807) is 7.11 Å². The molecule has 0 unspecified atom stereocenters. The van der Waals surface area contributed by atoms with E-state index in [2.05, 4.69) is 55.5 Å². The smallest absolute Gasteiger partial charge is 0.232 e. The number of nitriles is 1. The molecule has 0 atom stereocenters. The molecule has 0 bridgehead atoms. The fourth-order valence-corrected chi connectivity index (χ4v) is 3.78. The highest BCUT2D eigenvalue weighted by Crippen LogP contribution is 2.41. The maximum atomic E-state index is 9.84. The second-order valence-corrected chi connectivity index (χ2v) is 6.69. The molecule has 0 saturated carbocycles. The maximum Gasteiger partial charge on any atom is 0.232 e. The summed E-state index contributed by atoms with van der Waals surface area (Å²) in [4.78, 5) is 4.76. The van der Waals surface area contributed by atoms with Crippen molar-refractivity contribution in [2.24, 2.45) is 0 Å². The predicted octanol–water partition coefficient (Wildman–Crippen LogP) is 5.09. The van der Waals surface area contributed by atoms with E-state index < -0.39 is 0 Å². The van der Waals surface area contributed by atoms with E-state index in [-0.39, 0.29) is 0 Å². The zero-order valence-corrected chi connectivity index (χ0v) is 15.0. The molecule has 0 fully saturated rings. The molecule has 0 N–H and O–H groups in total. The van der Waals surface area contributed by atoms with Crippen LogP contribution in [0.3, 0.4) is 0 Å². The first-order valence-electron chi connectivity index (χ1n) is 8.89. The molecular formula is C23H20N2O. The van der Waals surface area contributed by atoms with Crippen molar-refractivity contribution in [2.45, 2.75) is 26.2 Å². The van der Waals surface area contributed by atoms with Crippen molar-refractivity contribution in [3.8, 4) is 34.3 Å². The number of fused-ring (bicyclic) bond motifs is 3. The van der Waals surface area contributed by atoms with Gasteiger partial charge in [-0.2, -0.15) is 5.26 Å². The quantitative estimate of drug-likeness (QED) is 0.652. The van der Waals surface area contributed by atoms with Crippen molar-refractivity contribution in [1.82, 2.24) is 4.98 Å². The van der Waals surface area contributed by atoms with Crippen molar-refractivity contribution < 1.29 is 4.74 Å². The Bertz CT molecular complexity index is 1010. The first-order valence-corrected chi connectivity index (χ1v) is 8.89. The van der Waals surface area contributed by atoms with Gasteiger partial charge in [0.05, 0.1) is 12.8 Å². The van der Waals surface area contributed by atoms with Crippen LogP contribution in [0.2, 0.25) is 0 Å². The van der Waals surface area contributed by atoms with Crippen LogP contribution in [0.25, 0.3) is 22.4 Å². The first-order chi connectivity index (χ1) is 12.7. The molecular weight excluding hydrogens is 320 g/mol. The zero-order valence-electron chi connectivity index (χ0n) is 15.0. The summed E-state index contributed by atoms with van der Waals surface area (Å²) < 4.78 is 5.51. The van der Waals surface area contributed by atoms with Gasteiger partial charge in [-0.3, -0.25) is 0 Å². The van der Waals surface area contributed by atoms with Gasteiger partial charge in [0.2, 0.25) is 5.88 Å². The van der Waals surface area contributed by atoms with Crippen LogP contribution in [0, 0.1) is 18.3 Å². The van der Waals surface area contributed by atoms with Crippen LogP contribution in [0.5, 0.6) is 5.88 Å². The summed E-state index contributed by atoms with van der Waals surface area (Å²) in [6.45, 7) is 2.07. The van der Waals surface area contributed by atoms with Gasteiger partial charge in [-0.15, -0.1) is 0 Å². The van der Waals surface area contributed by atoms with Crippen LogP contribution in [0.1, 0.15) is 28.7 Å². The molecule has 0 saturated heterocycles. The number of hydrogen-bond donors (Lipinski definition) is 0. The molecule has 26 heavy (non-hydrogen) atoms. The number of aryl methyl sites for hydroxylation is 2. The fourth-order valence-electron chi connectivity index (χ4n) is 3.78. The van der Waals surface area contributed by atoms with Crippen molar-refractivity contribution in [2.75, 3.05) is 7.11 Å². The number of pyridine rings is 1. The number of ether oxygens (including phenoxy) is 1. The number of hydrogen-bond acceptors (Lipinski definition) is 3. The third-order valence-electron chi connectivity index (χ3n) is 5.06. The van der Waals surface area contributed by atoms with Crippen LogP contribution >= 0.6 is 0 Å². The molecule has 128 valence electrons. The Balaban J connectivity index is 2.08. The number of aromatic nitrogens is 1. The van der Waals surface area contributed by atoms with E-state index in [0.29, 0.717) is 11.4 Å². The van der Waals surface area contributed by atoms with E-state index in [4.69, 9.17) is 9.72 Å². The molecule has 1 aliphatic rings. The average Bonchev–Trinajstić information content (AvgIpc) is 2.86. The third kappa shape index (κ3) is 2.64. The number of nitrogens with zero attached hydrogens (tertiary/aromatic N) is 2. The van der Waals surface area contributed by atoms with Crippen molar-refractivity contribution in [3.63, 3.8) is 0 Å². The largest absolute Gasteiger partial charge is 0.480 e. The molecule has 4 rings (SSSR count). The number of benzene rings is 2.